The lowest BCUT2D eigenvalue weighted by molar-refractivity contribution is -0.134. The second-order valence-electron chi connectivity index (χ2n) is 10.8. The van der Waals surface area contributed by atoms with Crippen molar-refractivity contribution in [1.29, 1.82) is 0 Å². The quantitative estimate of drug-likeness (QED) is 0.731. The standard InChI is InChI=1S/C22H34O3/c1-12-9-17-15-10-18-22(25-18)11-14(24)5-8-21(22,4)16(15)6-7-20(17,3)19(12)13(2)23/h12,14-19,24H,5-11H2,1-4H3/t12-,14+,15-,16-,17-,18-,19-,20+,21-,22-/m0/s1. The van der Waals surface area contributed by atoms with E-state index in [4.69, 9.17) is 4.74 Å². The zero-order valence-electron chi connectivity index (χ0n) is 16.3. The number of rotatable bonds is 1. The Hall–Kier alpha value is -0.410. The molecule has 5 rings (SSSR count). The third-order valence-corrected chi connectivity index (χ3v) is 9.84. The third-order valence-electron chi connectivity index (χ3n) is 9.84. The van der Waals surface area contributed by atoms with Crippen LogP contribution in [0.4, 0.5) is 0 Å². The van der Waals surface area contributed by atoms with Crippen molar-refractivity contribution in [2.75, 3.05) is 0 Å². The highest BCUT2D eigenvalue weighted by Crippen LogP contribution is 2.74. The number of ether oxygens (including phenoxy) is 1. The third kappa shape index (κ3) is 1.87. The van der Waals surface area contributed by atoms with Crippen LogP contribution in [0.1, 0.15) is 72.6 Å². The maximum absolute atomic E-state index is 12.4. The molecule has 0 aromatic heterocycles. The summed E-state index contributed by atoms with van der Waals surface area (Å²) >= 11 is 0. The average molecular weight is 347 g/mol. The van der Waals surface area contributed by atoms with Crippen molar-refractivity contribution in [3.05, 3.63) is 0 Å². The van der Waals surface area contributed by atoms with Crippen LogP contribution in [0.2, 0.25) is 0 Å². The van der Waals surface area contributed by atoms with Crippen molar-refractivity contribution in [2.45, 2.75) is 90.4 Å². The highest BCUT2D eigenvalue weighted by Gasteiger charge is 2.76. The Labute approximate surface area is 151 Å². The van der Waals surface area contributed by atoms with Gasteiger partial charge in [-0.05, 0) is 74.5 Å². The lowest BCUT2D eigenvalue weighted by Gasteiger charge is -2.59. The predicted octanol–water partition coefficient (Wildman–Crippen LogP) is 3.97. The zero-order chi connectivity index (χ0) is 17.8. The van der Waals surface area contributed by atoms with E-state index in [9.17, 15) is 9.90 Å². The number of ketones is 1. The van der Waals surface area contributed by atoms with E-state index in [1.165, 1.54) is 25.7 Å². The SMILES string of the molecule is CC(=O)[C@@H]1[C@@H](C)C[C@H]2[C@H]3C[C@@H]4O[C@@]45C[C@H](O)CC[C@@]5(C)[C@H]3CC[C@@]12C. The number of carbonyl (C=O) groups is 1. The van der Waals surface area contributed by atoms with E-state index in [0.29, 0.717) is 29.6 Å². The molecule has 10 atom stereocenters. The fourth-order valence-electron chi connectivity index (χ4n) is 8.89. The molecule has 25 heavy (non-hydrogen) atoms. The van der Waals surface area contributed by atoms with Crippen molar-refractivity contribution in [3.8, 4) is 0 Å². The molecule has 0 aromatic rings. The number of aliphatic hydroxyl groups excluding tert-OH is 1. The van der Waals surface area contributed by atoms with Crippen molar-refractivity contribution < 1.29 is 14.6 Å². The fourth-order valence-corrected chi connectivity index (χ4v) is 8.89. The molecule has 140 valence electrons. The predicted molar refractivity (Wildman–Crippen MR) is 95.9 cm³/mol. The van der Waals surface area contributed by atoms with E-state index < -0.39 is 0 Å². The summed E-state index contributed by atoms with van der Waals surface area (Å²) in [6, 6.07) is 0. The molecule has 5 fully saturated rings. The first kappa shape index (κ1) is 16.7. The summed E-state index contributed by atoms with van der Waals surface area (Å²) in [5.41, 5.74) is 0.411. The molecule has 3 heteroatoms. The minimum Gasteiger partial charge on any atom is -0.393 e. The highest BCUT2D eigenvalue weighted by molar-refractivity contribution is 5.80. The molecule has 5 aliphatic rings. The Balaban J connectivity index is 1.51. The summed E-state index contributed by atoms with van der Waals surface area (Å²) in [5, 5.41) is 10.3. The van der Waals surface area contributed by atoms with Crippen molar-refractivity contribution in [3.63, 3.8) is 0 Å². The molecule has 4 saturated carbocycles. The number of aliphatic hydroxyl groups is 1. The summed E-state index contributed by atoms with van der Waals surface area (Å²) in [7, 11) is 0. The van der Waals surface area contributed by atoms with Crippen LogP contribution in [-0.4, -0.2) is 28.7 Å². The van der Waals surface area contributed by atoms with Gasteiger partial charge >= 0.3 is 0 Å². The second kappa shape index (κ2) is 4.90. The monoisotopic (exact) mass is 346 g/mol. The maximum atomic E-state index is 12.4. The Morgan fingerprint density at radius 2 is 1.88 bits per heavy atom. The van der Waals surface area contributed by atoms with Gasteiger partial charge in [0.05, 0.1) is 12.2 Å². The Bertz CT molecular complexity index is 616. The normalized spacial score (nSPS) is 62.4. The molecular weight excluding hydrogens is 312 g/mol. The molecule has 1 heterocycles. The van der Waals surface area contributed by atoms with Gasteiger partial charge in [-0.2, -0.15) is 0 Å². The van der Waals surface area contributed by atoms with E-state index in [1.807, 2.05) is 6.92 Å². The molecule has 0 unspecified atom stereocenters. The molecule has 0 bridgehead atoms. The summed E-state index contributed by atoms with van der Waals surface area (Å²) < 4.78 is 6.39. The first-order valence-electron chi connectivity index (χ1n) is 10.6. The topological polar surface area (TPSA) is 49.8 Å². The van der Waals surface area contributed by atoms with Crippen LogP contribution in [0.3, 0.4) is 0 Å². The Morgan fingerprint density at radius 1 is 1.12 bits per heavy atom. The van der Waals surface area contributed by atoms with Crippen LogP contribution in [-0.2, 0) is 9.53 Å². The lowest BCUT2D eigenvalue weighted by Crippen LogP contribution is -2.58. The minimum atomic E-state index is -0.169. The van der Waals surface area contributed by atoms with Crippen molar-refractivity contribution >= 4 is 5.78 Å². The van der Waals surface area contributed by atoms with Gasteiger partial charge in [-0.1, -0.05) is 20.8 Å². The molecule has 0 amide bonds. The summed E-state index contributed by atoms with van der Waals surface area (Å²) in [5.74, 6) is 3.31. The Morgan fingerprint density at radius 3 is 2.60 bits per heavy atom. The summed E-state index contributed by atoms with van der Waals surface area (Å²) in [6.45, 7) is 9.02. The number of fused-ring (bicyclic) bond motifs is 4. The number of epoxide rings is 1. The number of hydrogen-bond acceptors (Lipinski definition) is 3. The van der Waals surface area contributed by atoms with E-state index in [0.717, 1.165) is 25.2 Å². The van der Waals surface area contributed by atoms with Gasteiger partial charge in [0.2, 0.25) is 0 Å². The molecule has 1 aliphatic heterocycles. The highest BCUT2D eigenvalue weighted by atomic mass is 16.6. The van der Waals surface area contributed by atoms with Gasteiger partial charge in [0.15, 0.2) is 0 Å². The molecule has 1 N–H and O–H groups in total. The van der Waals surface area contributed by atoms with Gasteiger partial charge in [0.25, 0.3) is 0 Å². The maximum Gasteiger partial charge on any atom is 0.133 e. The zero-order valence-corrected chi connectivity index (χ0v) is 16.3. The molecule has 0 aromatic carbocycles. The minimum absolute atomic E-state index is 0.0240. The van der Waals surface area contributed by atoms with E-state index in [2.05, 4.69) is 20.8 Å². The van der Waals surface area contributed by atoms with Crippen LogP contribution < -0.4 is 0 Å². The van der Waals surface area contributed by atoms with Gasteiger partial charge < -0.3 is 9.84 Å². The first-order chi connectivity index (χ1) is 11.7. The van der Waals surface area contributed by atoms with Crippen molar-refractivity contribution in [2.24, 2.45) is 40.4 Å². The smallest absolute Gasteiger partial charge is 0.133 e. The average Bonchev–Trinajstić information content (AvgIpc) is 3.13. The van der Waals surface area contributed by atoms with Crippen LogP contribution in [0.25, 0.3) is 0 Å². The molecule has 1 spiro atoms. The second-order valence-corrected chi connectivity index (χ2v) is 10.8. The van der Waals surface area contributed by atoms with Gasteiger partial charge in [0.1, 0.15) is 11.4 Å². The fraction of sp³-hybridized carbons (Fsp3) is 0.955. The van der Waals surface area contributed by atoms with E-state index in [1.54, 1.807) is 0 Å². The molecule has 1 saturated heterocycles. The van der Waals surface area contributed by atoms with E-state index >= 15 is 0 Å². The molecule has 3 nitrogen and oxygen atoms in total. The van der Waals surface area contributed by atoms with Gasteiger partial charge in [-0.3, -0.25) is 4.79 Å². The largest absolute Gasteiger partial charge is 0.393 e. The number of hydrogen-bond donors (Lipinski definition) is 1. The first-order valence-corrected chi connectivity index (χ1v) is 10.6. The van der Waals surface area contributed by atoms with E-state index in [-0.39, 0.29) is 28.5 Å². The number of carbonyl (C=O) groups excluding carboxylic acids is 1. The summed E-state index contributed by atoms with van der Waals surface area (Å²) in [6.07, 6.45) is 7.94. The summed E-state index contributed by atoms with van der Waals surface area (Å²) in [4.78, 5) is 12.4. The molecular formula is C22H34O3. The Kier molecular flexibility index (Phi) is 3.28. The van der Waals surface area contributed by atoms with Crippen LogP contribution in [0.5, 0.6) is 0 Å². The number of Topliss-reactive ketones (excluding diaryl/α,β-unsaturated/α-hetero) is 1. The molecule has 4 aliphatic carbocycles. The lowest BCUT2D eigenvalue weighted by atomic mass is 9.44. The van der Waals surface area contributed by atoms with Gasteiger partial charge in [0, 0.05) is 17.8 Å². The van der Waals surface area contributed by atoms with Gasteiger partial charge in [-0.15, -0.1) is 0 Å². The van der Waals surface area contributed by atoms with Crippen molar-refractivity contribution in [1.82, 2.24) is 0 Å². The van der Waals surface area contributed by atoms with Crippen LogP contribution in [0, 0.1) is 40.4 Å². The van der Waals surface area contributed by atoms with Gasteiger partial charge in [-0.25, -0.2) is 0 Å². The molecule has 0 radical (unpaired) electrons. The van der Waals surface area contributed by atoms with Crippen LogP contribution in [0.15, 0.2) is 0 Å². The van der Waals surface area contributed by atoms with Crippen LogP contribution >= 0.6 is 0 Å².